The second-order valence-corrected chi connectivity index (χ2v) is 3.67. The maximum Gasteiger partial charge on any atom is 0.200 e. The number of likely N-dealkylation sites (N-methyl/N-ethyl adjacent to an activating group) is 1. The summed E-state index contributed by atoms with van der Waals surface area (Å²) in [5.74, 6) is -13.1. The van der Waals surface area contributed by atoms with Gasteiger partial charge in [0.15, 0.2) is 23.3 Å². The molecule has 1 unspecified atom stereocenters. The van der Waals surface area contributed by atoms with Crippen molar-refractivity contribution >= 4 is 5.97 Å². The topological polar surface area (TPSA) is 43.4 Å². The average molecular weight is 268 g/mol. The van der Waals surface area contributed by atoms with E-state index in [2.05, 4.69) is 0 Å². The third-order valence-corrected chi connectivity index (χ3v) is 2.26. The highest BCUT2D eigenvalue weighted by Gasteiger charge is 2.31. The van der Waals surface area contributed by atoms with Crippen LogP contribution in [0.3, 0.4) is 0 Å². The van der Waals surface area contributed by atoms with Gasteiger partial charge >= 0.3 is 0 Å². The Morgan fingerprint density at radius 1 is 0.944 bits per heavy atom. The zero-order valence-corrected chi connectivity index (χ0v) is 9.23. The molecule has 0 heterocycles. The Morgan fingerprint density at radius 3 is 1.56 bits per heavy atom. The standard InChI is InChI=1S/C10H8F5NO2/c1-16(2)9(10(17)18)3-4(11)6(13)8(15)7(14)5(3)12/h9H,1-2H3,(H,17,18)/p-1. The predicted octanol–water partition coefficient (Wildman–Crippen LogP) is 0.735. The Labute approximate surface area is 98.4 Å². The van der Waals surface area contributed by atoms with Gasteiger partial charge in [-0.3, -0.25) is 4.90 Å². The van der Waals surface area contributed by atoms with Gasteiger partial charge in [0, 0.05) is 0 Å². The van der Waals surface area contributed by atoms with Gasteiger partial charge in [-0.1, -0.05) is 0 Å². The molecule has 0 aliphatic rings. The fraction of sp³-hybridized carbons (Fsp3) is 0.300. The highest BCUT2D eigenvalue weighted by Crippen LogP contribution is 2.29. The Morgan fingerprint density at radius 2 is 1.28 bits per heavy atom. The highest BCUT2D eigenvalue weighted by molar-refractivity contribution is 5.73. The molecule has 0 radical (unpaired) electrons. The minimum Gasteiger partial charge on any atom is -0.548 e. The van der Waals surface area contributed by atoms with Crippen molar-refractivity contribution < 1.29 is 31.9 Å². The SMILES string of the molecule is CN(C)C(C(=O)[O-])c1c(F)c(F)c(F)c(F)c1F. The largest absolute Gasteiger partial charge is 0.548 e. The molecule has 0 bridgehead atoms. The third kappa shape index (κ3) is 2.15. The number of hydrogen-bond donors (Lipinski definition) is 0. The van der Waals surface area contributed by atoms with Crippen LogP contribution in [0.4, 0.5) is 22.0 Å². The number of carbonyl (C=O) groups is 1. The van der Waals surface area contributed by atoms with Crippen LogP contribution in [0.15, 0.2) is 0 Å². The minimum absolute atomic E-state index is 0.758. The van der Waals surface area contributed by atoms with Gasteiger partial charge in [-0.05, 0) is 14.1 Å². The summed E-state index contributed by atoms with van der Waals surface area (Å²) in [7, 11) is 2.19. The molecule has 18 heavy (non-hydrogen) atoms. The van der Waals surface area contributed by atoms with E-state index in [-0.39, 0.29) is 0 Å². The van der Waals surface area contributed by atoms with Crippen LogP contribution in [0.2, 0.25) is 0 Å². The van der Waals surface area contributed by atoms with Crippen LogP contribution >= 0.6 is 0 Å². The predicted molar refractivity (Wildman–Crippen MR) is 47.7 cm³/mol. The number of hydrogen-bond acceptors (Lipinski definition) is 3. The molecule has 1 rings (SSSR count). The molecule has 0 aromatic heterocycles. The first-order valence-electron chi connectivity index (χ1n) is 4.58. The van der Waals surface area contributed by atoms with Crippen molar-refractivity contribution in [2.24, 2.45) is 0 Å². The summed E-state index contributed by atoms with van der Waals surface area (Å²) in [5, 5.41) is 10.7. The highest BCUT2D eigenvalue weighted by atomic mass is 19.2. The van der Waals surface area contributed by atoms with Gasteiger partial charge in [0.25, 0.3) is 0 Å². The van der Waals surface area contributed by atoms with Gasteiger partial charge in [0.1, 0.15) is 0 Å². The molecule has 3 nitrogen and oxygen atoms in total. The molecule has 100 valence electrons. The van der Waals surface area contributed by atoms with Crippen LogP contribution < -0.4 is 5.11 Å². The van der Waals surface area contributed by atoms with E-state index in [0.717, 1.165) is 19.0 Å². The van der Waals surface area contributed by atoms with Crippen molar-refractivity contribution in [3.8, 4) is 0 Å². The van der Waals surface area contributed by atoms with Gasteiger partial charge in [-0.2, -0.15) is 0 Å². The first-order valence-corrected chi connectivity index (χ1v) is 4.58. The monoisotopic (exact) mass is 268 g/mol. The van der Waals surface area contributed by atoms with Gasteiger partial charge in [-0.15, -0.1) is 0 Å². The zero-order valence-electron chi connectivity index (χ0n) is 9.23. The Bertz CT molecular complexity index is 475. The van der Waals surface area contributed by atoms with Gasteiger partial charge < -0.3 is 9.90 Å². The third-order valence-electron chi connectivity index (χ3n) is 2.26. The van der Waals surface area contributed by atoms with E-state index in [1.807, 2.05) is 0 Å². The number of nitrogens with zero attached hydrogens (tertiary/aromatic N) is 1. The lowest BCUT2D eigenvalue weighted by molar-refractivity contribution is -0.311. The first-order chi connectivity index (χ1) is 8.20. The fourth-order valence-corrected chi connectivity index (χ4v) is 1.45. The summed E-state index contributed by atoms with van der Waals surface area (Å²) < 4.78 is 65.2. The molecule has 0 amide bonds. The maximum absolute atomic E-state index is 13.3. The van der Waals surface area contributed by atoms with Crippen LogP contribution in [-0.2, 0) is 4.79 Å². The summed E-state index contributed by atoms with van der Waals surface area (Å²) in [6.07, 6.45) is 0. The van der Waals surface area contributed by atoms with Gasteiger partial charge in [-0.25, -0.2) is 22.0 Å². The van der Waals surface area contributed by atoms with Crippen LogP contribution in [0.1, 0.15) is 11.6 Å². The van der Waals surface area contributed by atoms with E-state index in [9.17, 15) is 31.9 Å². The molecule has 1 aromatic rings. The molecule has 0 aliphatic heterocycles. The molecule has 0 saturated heterocycles. The number of carboxylic acid groups (broad SMARTS) is 1. The van der Waals surface area contributed by atoms with Crippen LogP contribution in [-0.4, -0.2) is 25.0 Å². The van der Waals surface area contributed by atoms with Crippen LogP contribution in [0.5, 0.6) is 0 Å². The lowest BCUT2D eigenvalue weighted by Crippen LogP contribution is -2.39. The molecule has 0 saturated carbocycles. The summed E-state index contributed by atoms with van der Waals surface area (Å²) in [4.78, 5) is 11.5. The normalized spacial score (nSPS) is 12.9. The molecule has 1 aromatic carbocycles. The van der Waals surface area contributed by atoms with Crippen molar-refractivity contribution in [3.63, 3.8) is 0 Å². The van der Waals surface area contributed by atoms with Crippen molar-refractivity contribution in [1.82, 2.24) is 4.90 Å². The quantitative estimate of drug-likeness (QED) is 0.461. The van der Waals surface area contributed by atoms with E-state index in [4.69, 9.17) is 0 Å². The number of halogens is 5. The lowest BCUT2D eigenvalue weighted by Gasteiger charge is -2.26. The van der Waals surface area contributed by atoms with Crippen LogP contribution in [0, 0.1) is 29.1 Å². The van der Waals surface area contributed by atoms with Crippen molar-refractivity contribution in [3.05, 3.63) is 34.6 Å². The van der Waals surface area contributed by atoms with Crippen molar-refractivity contribution in [2.45, 2.75) is 6.04 Å². The van der Waals surface area contributed by atoms with Crippen molar-refractivity contribution in [2.75, 3.05) is 14.1 Å². The minimum atomic E-state index is -2.34. The molecule has 0 fully saturated rings. The fourth-order valence-electron chi connectivity index (χ4n) is 1.45. The molecule has 0 N–H and O–H groups in total. The summed E-state index contributed by atoms with van der Waals surface area (Å²) in [6, 6.07) is -2.09. The first kappa shape index (κ1) is 14.4. The van der Waals surface area contributed by atoms with E-state index in [1.165, 1.54) is 0 Å². The molecular weight excluding hydrogens is 261 g/mol. The molecule has 1 atom stereocenters. The summed E-state index contributed by atoms with van der Waals surface area (Å²) >= 11 is 0. The number of carboxylic acids is 1. The van der Waals surface area contributed by atoms with Crippen LogP contribution in [0.25, 0.3) is 0 Å². The van der Waals surface area contributed by atoms with Crippen molar-refractivity contribution in [1.29, 1.82) is 0 Å². The number of rotatable bonds is 3. The second kappa shape index (κ2) is 4.89. The Balaban J connectivity index is 3.63. The van der Waals surface area contributed by atoms with E-state index in [0.29, 0.717) is 0 Å². The van der Waals surface area contributed by atoms with Gasteiger partial charge in [0.2, 0.25) is 5.82 Å². The smallest absolute Gasteiger partial charge is 0.200 e. The maximum atomic E-state index is 13.3. The molecule has 0 spiro atoms. The number of aliphatic carboxylic acids is 1. The van der Waals surface area contributed by atoms with E-state index >= 15 is 0 Å². The molecular formula is C10H7F5NO2-. The molecule has 8 heteroatoms. The zero-order chi connectivity index (χ0) is 14.2. The lowest BCUT2D eigenvalue weighted by atomic mass is 10.0. The second-order valence-electron chi connectivity index (χ2n) is 3.67. The summed E-state index contributed by atoms with van der Waals surface area (Å²) in [6.45, 7) is 0. The summed E-state index contributed by atoms with van der Waals surface area (Å²) in [5.41, 5.74) is -1.45. The van der Waals surface area contributed by atoms with Gasteiger partial charge in [0.05, 0.1) is 17.6 Å². The van der Waals surface area contributed by atoms with E-state index in [1.54, 1.807) is 0 Å². The molecule has 0 aliphatic carbocycles. The average Bonchev–Trinajstić information content (AvgIpc) is 2.28. The number of benzene rings is 1. The Hall–Kier alpha value is -1.70. The Kier molecular flexibility index (Phi) is 3.90. The number of carbonyl (C=O) groups excluding carboxylic acids is 1. The van der Waals surface area contributed by atoms with E-state index < -0.39 is 46.7 Å².